The number of hydrogen-bond donors (Lipinski definition) is 0. The highest BCUT2D eigenvalue weighted by Crippen LogP contribution is 2.35. The quantitative estimate of drug-likeness (QED) is 0.607. The van der Waals surface area contributed by atoms with Gasteiger partial charge in [-0.25, -0.2) is 0 Å². The van der Waals surface area contributed by atoms with Crippen LogP contribution in [0.15, 0.2) is 71.1 Å². The molecule has 0 aliphatic carbocycles. The summed E-state index contributed by atoms with van der Waals surface area (Å²) in [5.41, 5.74) is 3.02. The van der Waals surface area contributed by atoms with Crippen LogP contribution in [0.1, 0.15) is 0 Å². The topological polar surface area (TPSA) is 13.1 Å². The fourth-order valence-electron chi connectivity index (χ4n) is 1.93. The maximum absolute atomic E-state index is 6.16. The molecule has 2 heteroatoms. The number of furan rings is 1. The largest absolute Gasteiger partial charge is 0.444 e. The number of halogens is 1. The minimum Gasteiger partial charge on any atom is -0.444 e. The van der Waals surface area contributed by atoms with Crippen LogP contribution < -0.4 is 0 Å². The molecule has 0 bridgehead atoms. The Morgan fingerprint density at radius 1 is 0.722 bits per heavy atom. The standard InChI is InChI=1S/C16H11ClO/c17-16-14(12-7-3-1-4-8-12)11-15(18-16)13-9-5-2-6-10-13/h1-11H. The maximum Gasteiger partial charge on any atom is 0.201 e. The molecule has 0 aliphatic heterocycles. The predicted molar refractivity (Wildman–Crippen MR) is 74.6 cm³/mol. The molecule has 0 amide bonds. The van der Waals surface area contributed by atoms with E-state index in [1.165, 1.54) is 0 Å². The monoisotopic (exact) mass is 254 g/mol. The van der Waals surface area contributed by atoms with Crippen molar-refractivity contribution in [3.8, 4) is 22.5 Å². The summed E-state index contributed by atoms with van der Waals surface area (Å²) >= 11 is 6.16. The molecule has 1 nitrogen and oxygen atoms in total. The SMILES string of the molecule is Clc1oc(-c2ccccc2)cc1-c1ccccc1. The summed E-state index contributed by atoms with van der Waals surface area (Å²) in [4.78, 5) is 0. The van der Waals surface area contributed by atoms with Crippen molar-refractivity contribution in [1.29, 1.82) is 0 Å². The van der Waals surface area contributed by atoms with Crippen LogP contribution in [0.5, 0.6) is 0 Å². The molecule has 2 aromatic carbocycles. The summed E-state index contributed by atoms with van der Waals surface area (Å²) in [7, 11) is 0. The molecule has 3 aromatic rings. The third-order valence-electron chi connectivity index (χ3n) is 2.83. The summed E-state index contributed by atoms with van der Waals surface area (Å²) in [5, 5.41) is 0.431. The average Bonchev–Trinajstić information content (AvgIpc) is 2.83. The van der Waals surface area contributed by atoms with Gasteiger partial charge in [0.2, 0.25) is 5.22 Å². The van der Waals surface area contributed by atoms with Gasteiger partial charge < -0.3 is 4.42 Å². The number of benzene rings is 2. The minimum absolute atomic E-state index is 0.431. The Hall–Kier alpha value is -1.99. The maximum atomic E-state index is 6.16. The summed E-state index contributed by atoms with van der Waals surface area (Å²) in [6, 6.07) is 21.9. The second-order valence-electron chi connectivity index (χ2n) is 4.03. The molecule has 0 unspecified atom stereocenters. The van der Waals surface area contributed by atoms with Gasteiger partial charge in [-0.1, -0.05) is 60.7 Å². The second kappa shape index (κ2) is 4.71. The van der Waals surface area contributed by atoms with Gasteiger partial charge in [-0.3, -0.25) is 0 Å². The lowest BCUT2D eigenvalue weighted by atomic mass is 10.1. The van der Waals surface area contributed by atoms with Crippen LogP contribution in [0.2, 0.25) is 5.22 Å². The molecular weight excluding hydrogens is 244 g/mol. The van der Waals surface area contributed by atoms with Gasteiger partial charge in [-0.2, -0.15) is 0 Å². The van der Waals surface area contributed by atoms with E-state index in [2.05, 4.69) is 0 Å². The Bertz CT molecular complexity index is 641. The third-order valence-corrected chi connectivity index (χ3v) is 3.11. The van der Waals surface area contributed by atoms with Gasteiger partial charge in [0.25, 0.3) is 0 Å². The van der Waals surface area contributed by atoms with Crippen molar-refractivity contribution in [1.82, 2.24) is 0 Å². The lowest BCUT2D eigenvalue weighted by Crippen LogP contribution is -1.72. The summed E-state index contributed by atoms with van der Waals surface area (Å²) < 4.78 is 5.62. The molecule has 18 heavy (non-hydrogen) atoms. The molecule has 0 aliphatic rings. The zero-order chi connectivity index (χ0) is 12.4. The molecule has 1 aromatic heterocycles. The Labute approximate surface area is 111 Å². The zero-order valence-corrected chi connectivity index (χ0v) is 10.4. The van der Waals surface area contributed by atoms with Crippen molar-refractivity contribution in [2.75, 3.05) is 0 Å². The van der Waals surface area contributed by atoms with E-state index in [1.807, 2.05) is 66.7 Å². The summed E-state index contributed by atoms with van der Waals surface area (Å²) in [6.07, 6.45) is 0. The van der Waals surface area contributed by atoms with Crippen molar-refractivity contribution in [3.63, 3.8) is 0 Å². The molecule has 0 atom stereocenters. The fourth-order valence-corrected chi connectivity index (χ4v) is 2.17. The van der Waals surface area contributed by atoms with Crippen molar-refractivity contribution in [2.45, 2.75) is 0 Å². The van der Waals surface area contributed by atoms with Crippen LogP contribution in [-0.4, -0.2) is 0 Å². The molecule has 0 saturated heterocycles. The lowest BCUT2D eigenvalue weighted by molar-refractivity contribution is 0.585. The van der Waals surface area contributed by atoms with Gasteiger partial charge in [0, 0.05) is 11.1 Å². The Kier molecular flexibility index (Phi) is 2.91. The molecule has 0 spiro atoms. The van der Waals surface area contributed by atoms with Gasteiger partial charge in [0.15, 0.2) is 0 Å². The molecule has 3 rings (SSSR count). The molecular formula is C16H11ClO. The molecule has 0 fully saturated rings. The number of rotatable bonds is 2. The van der Waals surface area contributed by atoms with E-state index in [9.17, 15) is 0 Å². The van der Waals surface area contributed by atoms with Crippen LogP contribution >= 0.6 is 11.6 Å². The van der Waals surface area contributed by atoms with E-state index in [1.54, 1.807) is 0 Å². The first-order valence-corrected chi connectivity index (χ1v) is 6.12. The fraction of sp³-hybridized carbons (Fsp3) is 0. The Morgan fingerprint density at radius 3 is 1.89 bits per heavy atom. The van der Waals surface area contributed by atoms with Gasteiger partial charge in [0.1, 0.15) is 5.76 Å². The van der Waals surface area contributed by atoms with Crippen LogP contribution in [0.4, 0.5) is 0 Å². The van der Waals surface area contributed by atoms with Crippen LogP contribution in [0, 0.1) is 0 Å². The predicted octanol–water partition coefficient (Wildman–Crippen LogP) is 5.27. The lowest BCUT2D eigenvalue weighted by Gasteiger charge is -1.95. The van der Waals surface area contributed by atoms with E-state index >= 15 is 0 Å². The molecule has 88 valence electrons. The van der Waals surface area contributed by atoms with E-state index in [4.69, 9.17) is 16.0 Å². The van der Waals surface area contributed by atoms with Gasteiger partial charge in [-0.05, 0) is 23.2 Å². The average molecular weight is 255 g/mol. The smallest absolute Gasteiger partial charge is 0.201 e. The summed E-state index contributed by atoms with van der Waals surface area (Å²) in [5.74, 6) is 0.791. The first-order chi connectivity index (χ1) is 8.84. The molecule has 0 saturated carbocycles. The summed E-state index contributed by atoms with van der Waals surface area (Å²) in [6.45, 7) is 0. The van der Waals surface area contributed by atoms with Crippen LogP contribution in [-0.2, 0) is 0 Å². The highest BCUT2D eigenvalue weighted by atomic mass is 35.5. The van der Waals surface area contributed by atoms with E-state index in [0.717, 1.165) is 22.5 Å². The Balaban J connectivity index is 2.07. The van der Waals surface area contributed by atoms with Crippen molar-refractivity contribution >= 4 is 11.6 Å². The number of hydrogen-bond acceptors (Lipinski definition) is 1. The van der Waals surface area contributed by atoms with Gasteiger partial charge >= 0.3 is 0 Å². The van der Waals surface area contributed by atoms with Gasteiger partial charge in [0.05, 0.1) is 0 Å². The highest BCUT2D eigenvalue weighted by Gasteiger charge is 2.11. The normalized spacial score (nSPS) is 10.5. The van der Waals surface area contributed by atoms with Crippen molar-refractivity contribution < 1.29 is 4.42 Å². The Morgan fingerprint density at radius 2 is 1.28 bits per heavy atom. The minimum atomic E-state index is 0.431. The van der Waals surface area contributed by atoms with Gasteiger partial charge in [-0.15, -0.1) is 0 Å². The van der Waals surface area contributed by atoms with Crippen molar-refractivity contribution in [2.24, 2.45) is 0 Å². The third kappa shape index (κ3) is 2.05. The van der Waals surface area contributed by atoms with E-state index in [0.29, 0.717) is 5.22 Å². The first-order valence-electron chi connectivity index (χ1n) is 5.75. The molecule has 0 N–H and O–H groups in total. The van der Waals surface area contributed by atoms with E-state index in [-0.39, 0.29) is 0 Å². The second-order valence-corrected chi connectivity index (χ2v) is 4.37. The van der Waals surface area contributed by atoms with Crippen LogP contribution in [0.3, 0.4) is 0 Å². The molecule has 1 heterocycles. The highest BCUT2D eigenvalue weighted by molar-refractivity contribution is 6.31. The van der Waals surface area contributed by atoms with E-state index < -0.39 is 0 Å². The zero-order valence-electron chi connectivity index (χ0n) is 9.64. The van der Waals surface area contributed by atoms with Crippen LogP contribution in [0.25, 0.3) is 22.5 Å². The first kappa shape index (κ1) is 11.1. The molecule has 0 radical (unpaired) electrons. The van der Waals surface area contributed by atoms with Crippen molar-refractivity contribution in [3.05, 3.63) is 71.9 Å².